The predicted molar refractivity (Wildman–Crippen MR) is 157 cm³/mol. The number of nitrogens with two attached hydrogens (primary N) is 1. The highest BCUT2D eigenvalue weighted by molar-refractivity contribution is 9.10. The maximum Gasteiger partial charge on any atom is 0.261 e. The van der Waals surface area contributed by atoms with E-state index >= 15 is 0 Å². The fourth-order valence-corrected chi connectivity index (χ4v) is 9.72. The van der Waals surface area contributed by atoms with Gasteiger partial charge in [-0.3, -0.25) is 0 Å². The van der Waals surface area contributed by atoms with Crippen molar-refractivity contribution in [1.29, 1.82) is 0 Å². The zero-order valence-electron chi connectivity index (χ0n) is 21.2. The van der Waals surface area contributed by atoms with E-state index in [1.165, 1.54) is 15.9 Å². The Kier molecular flexibility index (Phi) is 8.34. The molecule has 0 amide bonds. The topological polar surface area (TPSA) is 44.5 Å². The Balaban J connectivity index is 1.71. The second-order valence-corrected chi connectivity index (χ2v) is 15.3. The standard InChI is InChI=1S/C31H34BrNO2Si/c1-31(2,3)36(27-15-9-5-10-16-27,28-17-11-6-12-18-28)35-23-25(24-13-7-4-8-14-24)22-34-30-21-26(32)19-20-29(30)33/h4-21,25H,22-23,33H2,1-3H3. The van der Waals surface area contributed by atoms with Crippen LogP contribution in [-0.4, -0.2) is 21.5 Å². The lowest BCUT2D eigenvalue weighted by molar-refractivity contribution is 0.211. The van der Waals surface area contributed by atoms with Crippen LogP contribution in [0.3, 0.4) is 0 Å². The Morgan fingerprint density at radius 1 is 0.750 bits per heavy atom. The van der Waals surface area contributed by atoms with Crippen LogP contribution >= 0.6 is 15.9 Å². The number of halogens is 1. The van der Waals surface area contributed by atoms with E-state index in [2.05, 4.69) is 122 Å². The molecule has 0 aliphatic carbocycles. The summed E-state index contributed by atoms with van der Waals surface area (Å²) in [5.74, 6) is 0.710. The van der Waals surface area contributed by atoms with Gasteiger partial charge in [-0.1, -0.05) is 128 Å². The summed E-state index contributed by atoms with van der Waals surface area (Å²) < 4.78 is 14.5. The first-order chi connectivity index (χ1) is 17.3. The van der Waals surface area contributed by atoms with Gasteiger partial charge >= 0.3 is 0 Å². The lowest BCUT2D eigenvalue weighted by atomic mass is 10.0. The van der Waals surface area contributed by atoms with Crippen molar-refractivity contribution in [3.63, 3.8) is 0 Å². The molecule has 0 aromatic heterocycles. The molecule has 0 saturated heterocycles. The molecule has 5 heteroatoms. The molecule has 2 N–H and O–H groups in total. The van der Waals surface area contributed by atoms with Crippen molar-refractivity contribution in [3.05, 3.63) is 119 Å². The molecule has 4 aromatic rings. The molecule has 0 aliphatic heterocycles. The summed E-state index contributed by atoms with van der Waals surface area (Å²) in [6, 6.07) is 37.6. The van der Waals surface area contributed by atoms with Crippen LogP contribution in [0.2, 0.25) is 5.04 Å². The highest BCUT2D eigenvalue weighted by Crippen LogP contribution is 2.38. The summed E-state index contributed by atoms with van der Waals surface area (Å²) in [5.41, 5.74) is 8.00. The van der Waals surface area contributed by atoms with Gasteiger partial charge in [-0.2, -0.15) is 0 Å². The summed E-state index contributed by atoms with van der Waals surface area (Å²) in [6.07, 6.45) is 0. The molecule has 3 nitrogen and oxygen atoms in total. The maximum absolute atomic E-state index is 7.24. The summed E-state index contributed by atoms with van der Waals surface area (Å²) in [5, 5.41) is 2.45. The summed E-state index contributed by atoms with van der Waals surface area (Å²) in [4.78, 5) is 0. The van der Waals surface area contributed by atoms with Gasteiger partial charge in [-0.25, -0.2) is 0 Å². The first-order valence-electron chi connectivity index (χ1n) is 12.3. The number of rotatable bonds is 9. The molecule has 36 heavy (non-hydrogen) atoms. The van der Waals surface area contributed by atoms with E-state index in [-0.39, 0.29) is 11.0 Å². The van der Waals surface area contributed by atoms with Crippen LogP contribution in [0.5, 0.6) is 5.75 Å². The third-order valence-corrected chi connectivity index (χ3v) is 12.1. The molecule has 1 unspecified atom stereocenters. The molecule has 4 rings (SSSR count). The Bertz CT molecular complexity index is 1200. The van der Waals surface area contributed by atoms with Crippen molar-refractivity contribution >= 4 is 40.3 Å². The van der Waals surface area contributed by atoms with Crippen LogP contribution in [0.15, 0.2) is 114 Å². The van der Waals surface area contributed by atoms with Crippen LogP contribution in [-0.2, 0) is 4.43 Å². The van der Waals surface area contributed by atoms with Gasteiger partial charge < -0.3 is 14.9 Å². The van der Waals surface area contributed by atoms with Crippen molar-refractivity contribution in [2.45, 2.75) is 31.7 Å². The third-order valence-electron chi connectivity index (χ3n) is 6.60. The smallest absolute Gasteiger partial charge is 0.261 e. The third kappa shape index (κ3) is 5.75. The van der Waals surface area contributed by atoms with Gasteiger partial charge in [0.05, 0.1) is 12.3 Å². The number of hydrogen-bond donors (Lipinski definition) is 1. The molecule has 0 heterocycles. The van der Waals surface area contributed by atoms with E-state index in [1.54, 1.807) is 0 Å². The molecular formula is C31H34BrNO2Si. The minimum absolute atomic E-state index is 0.0335. The van der Waals surface area contributed by atoms with Gasteiger partial charge in [-0.15, -0.1) is 0 Å². The molecule has 0 radical (unpaired) electrons. The molecule has 0 saturated carbocycles. The zero-order chi connectivity index (χ0) is 25.6. The van der Waals surface area contributed by atoms with Gasteiger partial charge in [0.2, 0.25) is 0 Å². The molecule has 0 bridgehead atoms. The SMILES string of the molecule is CC(C)(C)[Si](OCC(COc1cc(Br)ccc1N)c1ccccc1)(c1ccccc1)c1ccccc1. The van der Waals surface area contributed by atoms with E-state index < -0.39 is 8.32 Å². The average Bonchev–Trinajstić information content (AvgIpc) is 2.89. The Morgan fingerprint density at radius 2 is 1.28 bits per heavy atom. The monoisotopic (exact) mass is 559 g/mol. The van der Waals surface area contributed by atoms with Crippen molar-refractivity contribution in [2.75, 3.05) is 18.9 Å². The molecule has 1 atom stereocenters. The summed E-state index contributed by atoms with van der Waals surface area (Å²) >= 11 is 3.52. The second-order valence-electron chi connectivity index (χ2n) is 10.1. The van der Waals surface area contributed by atoms with Gasteiger partial charge in [0.1, 0.15) is 5.75 Å². The number of ether oxygens (including phenoxy) is 1. The van der Waals surface area contributed by atoms with Crippen LogP contribution < -0.4 is 20.8 Å². The normalized spacial score (nSPS) is 12.8. The fourth-order valence-electron chi connectivity index (χ4n) is 4.78. The van der Waals surface area contributed by atoms with Gasteiger partial charge in [-0.05, 0) is 39.2 Å². The van der Waals surface area contributed by atoms with Gasteiger partial charge in [0.25, 0.3) is 8.32 Å². The molecular weight excluding hydrogens is 526 g/mol. The van der Waals surface area contributed by atoms with E-state index in [1.807, 2.05) is 24.3 Å². The van der Waals surface area contributed by atoms with Crippen LogP contribution in [0.1, 0.15) is 32.3 Å². The van der Waals surface area contributed by atoms with Gasteiger partial charge in [0, 0.05) is 17.0 Å². The van der Waals surface area contributed by atoms with E-state index in [0.717, 1.165) is 4.47 Å². The van der Waals surface area contributed by atoms with Crippen LogP contribution in [0, 0.1) is 0 Å². The largest absolute Gasteiger partial charge is 0.491 e. The van der Waals surface area contributed by atoms with Gasteiger partial charge in [0.15, 0.2) is 0 Å². The van der Waals surface area contributed by atoms with E-state index in [4.69, 9.17) is 14.9 Å². The highest BCUT2D eigenvalue weighted by Gasteiger charge is 2.50. The lowest BCUT2D eigenvalue weighted by Gasteiger charge is -2.43. The highest BCUT2D eigenvalue weighted by atomic mass is 79.9. The predicted octanol–water partition coefficient (Wildman–Crippen LogP) is 6.77. The second kappa shape index (κ2) is 11.5. The van der Waals surface area contributed by atoms with Crippen molar-refractivity contribution in [2.24, 2.45) is 0 Å². The summed E-state index contributed by atoms with van der Waals surface area (Å²) in [7, 11) is -2.66. The molecule has 186 valence electrons. The first kappa shape index (κ1) is 26.2. The molecule has 0 spiro atoms. The molecule has 0 aliphatic rings. The van der Waals surface area contributed by atoms with Crippen molar-refractivity contribution < 1.29 is 9.16 Å². The van der Waals surface area contributed by atoms with E-state index in [9.17, 15) is 0 Å². The number of hydrogen-bond acceptors (Lipinski definition) is 3. The summed E-state index contributed by atoms with van der Waals surface area (Å²) in [6.45, 7) is 7.90. The van der Waals surface area contributed by atoms with Crippen LogP contribution in [0.4, 0.5) is 5.69 Å². The van der Waals surface area contributed by atoms with Crippen molar-refractivity contribution in [3.8, 4) is 5.75 Å². The lowest BCUT2D eigenvalue weighted by Crippen LogP contribution is -2.66. The van der Waals surface area contributed by atoms with Crippen molar-refractivity contribution in [1.82, 2.24) is 0 Å². The minimum Gasteiger partial charge on any atom is -0.491 e. The Morgan fingerprint density at radius 3 is 1.81 bits per heavy atom. The Hall–Kier alpha value is -2.86. The first-order valence-corrected chi connectivity index (χ1v) is 15.0. The molecule has 4 aromatic carbocycles. The zero-order valence-corrected chi connectivity index (χ0v) is 23.7. The minimum atomic E-state index is -2.66. The fraction of sp³-hybridized carbons (Fsp3) is 0.226. The number of benzene rings is 4. The number of nitrogen functional groups attached to an aromatic ring is 1. The van der Waals surface area contributed by atoms with E-state index in [0.29, 0.717) is 24.7 Å². The number of anilines is 1. The van der Waals surface area contributed by atoms with Crippen LogP contribution in [0.25, 0.3) is 0 Å². The maximum atomic E-state index is 7.24. The molecule has 0 fully saturated rings. The average molecular weight is 561 g/mol. The Labute approximate surface area is 224 Å². The quantitative estimate of drug-likeness (QED) is 0.182.